The number of nitrogens with zero attached hydrogens (tertiary/aromatic N) is 3. The standard InChI is InChI=1S/C19H28N4O3/c1-3-4-16(19-8-12-5-13(9-19)7-14(6-12)10-19)20-18(24)17-15(23(25)26)11-22(2)21-17/h11-14,16H,3-10H2,1-2H3,(H,20,24)/t12?,13?,14?,16-,19?/m0/s1. The molecule has 4 aliphatic rings. The SMILES string of the molecule is CCC[C@H](NC(=O)c1nn(C)cc1[N+](=O)[O-])C12CC3CC(CC(C3)C1)C2. The maximum atomic E-state index is 12.9. The van der Waals surface area contributed by atoms with Crippen LogP contribution in [-0.2, 0) is 7.05 Å². The maximum Gasteiger partial charge on any atom is 0.320 e. The molecule has 4 aliphatic carbocycles. The summed E-state index contributed by atoms with van der Waals surface area (Å²) in [6.07, 6.45) is 10.9. The van der Waals surface area contributed by atoms with Crippen LogP contribution in [0.2, 0.25) is 0 Å². The molecule has 0 unspecified atom stereocenters. The van der Waals surface area contributed by atoms with Crippen LogP contribution in [0, 0.1) is 33.3 Å². The number of amides is 1. The van der Waals surface area contributed by atoms with E-state index in [1.165, 1.54) is 49.4 Å². The lowest BCUT2D eigenvalue weighted by atomic mass is 9.47. The van der Waals surface area contributed by atoms with E-state index < -0.39 is 10.8 Å². The first kappa shape index (κ1) is 17.5. The van der Waals surface area contributed by atoms with Gasteiger partial charge in [-0.3, -0.25) is 19.6 Å². The molecule has 1 aromatic rings. The number of aromatic nitrogens is 2. The molecule has 0 aromatic carbocycles. The van der Waals surface area contributed by atoms with E-state index in [0.717, 1.165) is 30.6 Å². The lowest BCUT2D eigenvalue weighted by Crippen LogP contribution is -2.57. The molecule has 26 heavy (non-hydrogen) atoms. The van der Waals surface area contributed by atoms with Crippen LogP contribution in [0.3, 0.4) is 0 Å². The van der Waals surface area contributed by atoms with Crippen molar-refractivity contribution in [2.24, 2.45) is 30.2 Å². The minimum Gasteiger partial charge on any atom is -0.347 e. The number of carbonyl (C=O) groups is 1. The Balaban J connectivity index is 1.58. The van der Waals surface area contributed by atoms with Crippen LogP contribution in [-0.4, -0.2) is 26.7 Å². The largest absolute Gasteiger partial charge is 0.347 e. The molecule has 7 heteroatoms. The molecule has 7 nitrogen and oxygen atoms in total. The number of nitrogens with one attached hydrogen (secondary N) is 1. The zero-order valence-electron chi connectivity index (χ0n) is 15.6. The first-order valence-corrected chi connectivity index (χ1v) is 9.89. The Morgan fingerprint density at radius 3 is 2.42 bits per heavy atom. The molecule has 0 radical (unpaired) electrons. The van der Waals surface area contributed by atoms with Crippen molar-refractivity contribution in [2.75, 3.05) is 0 Å². The van der Waals surface area contributed by atoms with E-state index in [1.54, 1.807) is 7.05 Å². The molecule has 4 fully saturated rings. The highest BCUT2D eigenvalue weighted by atomic mass is 16.6. The third-order valence-corrected chi connectivity index (χ3v) is 6.93. The minimum absolute atomic E-state index is 0.0664. The highest BCUT2D eigenvalue weighted by Gasteiger charge is 2.54. The molecular weight excluding hydrogens is 332 g/mol. The number of hydrogen-bond donors (Lipinski definition) is 1. The number of nitro groups is 1. The van der Waals surface area contributed by atoms with Gasteiger partial charge in [-0.05, 0) is 68.1 Å². The van der Waals surface area contributed by atoms with Crippen LogP contribution < -0.4 is 5.32 Å². The molecule has 1 aromatic heterocycles. The van der Waals surface area contributed by atoms with Gasteiger partial charge >= 0.3 is 5.69 Å². The molecule has 142 valence electrons. The fourth-order valence-corrected chi connectivity index (χ4v) is 6.42. The highest BCUT2D eigenvalue weighted by molar-refractivity contribution is 5.96. The molecule has 1 atom stereocenters. The van der Waals surface area contributed by atoms with Crippen molar-refractivity contribution in [1.29, 1.82) is 0 Å². The van der Waals surface area contributed by atoms with Crippen LogP contribution in [0.25, 0.3) is 0 Å². The Bertz CT molecular complexity index is 691. The number of hydrogen-bond acceptors (Lipinski definition) is 4. The van der Waals surface area contributed by atoms with Gasteiger partial charge in [0, 0.05) is 13.1 Å². The first-order chi connectivity index (χ1) is 12.4. The third-order valence-electron chi connectivity index (χ3n) is 6.93. The average molecular weight is 360 g/mol. The number of aryl methyl sites for hydroxylation is 1. The highest BCUT2D eigenvalue weighted by Crippen LogP contribution is 2.61. The summed E-state index contributed by atoms with van der Waals surface area (Å²) < 4.78 is 1.34. The van der Waals surface area contributed by atoms with Crippen LogP contribution in [0.4, 0.5) is 5.69 Å². The molecular formula is C19H28N4O3. The Hall–Kier alpha value is -1.92. The fraction of sp³-hybridized carbons (Fsp3) is 0.789. The van der Waals surface area contributed by atoms with Gasteiger partial charge in [0.1, 0.15) is 6.20 Å². The second-order valence-corrected chi connectivity index (χ2v) is 8.89. The summed E-state index contributed by atoms with van der Waals surface area (Å²) in [5.74, 6) is 2.02. The van der Waals surface area contributed by atoms with E-state index in [1.807, 2.05) is 0 Å². The van der Waals surface area contributed by atoms with Crippen molar-refractivity contribution < 1.29 is 9.72 Å². The Kier molecular flexibility index (Phi) is 4.28. The van der Waals surface area contributed by atoms with Crippen molar-refractivity contribution >= 4 is 11.6 Å². The smallest absolute Gasteiger partial charge is 0.320 e. The van der Waals surface area contributed by atoms with Crippen molar-refractivity contribution in [2.45, 2.75) is 64.3 Å². The van der Waals surface area contributed by atoms with Gasteiger partial charge in [0.25, 0.3) is 5.91 Å². The maximum absolute atomic E-state index is 12.9. The van der Waals surface area contributed by atoms with Crippen molar-refractivity contribution in [3.05, 3.63) is 22.0 Å². The minimum atomic E-state index is -0.526. The average Bonchev–Trinajstić information content (AvgIpc) is 2.95. The van der Waals surface area contributed by atoms with Crippen LogP contribution in [0.1, 0.15) is 68.8 Å². The van der Waals surface area contributed by atoms with E-state index in [4.69, 9.17) is 0 Å². The summed E-state index contributed by atoms with van der Waals surface area (Å²) in [5.41, 5.74) is -0.0987. The molecule has 0 spiro atoms. The summed E-state index contributed by atoms with van der Waals surface area (Å²) >= 11 is 0. The van der Waals surface area contributed by atoms with Gasteiger partial charge in [0.15, 0.2) is 0 Å². The van der Waals surface area contributed by atoms with Crippen molar-refractivity contribution in [3.63, 3.8) is 0 Å². The summed E-state index contributed by atoms with van der Waals surface area (Å²) in [6, 6.07) is 0.0926. The summed E-state index contributed by atoms with van der Waals surface area (Å²) in [5, 5.41) is 18.5. The van der Waals surface area contributed by atoms with Gasteiger partial charge < -0.3 is 5.32 Å². The van der Waals surface area contributed by atoms with Crippen molar-refractivity contribution in [3.8, 4) is 0 Å². The molecule has 4 saturated carbocycles. The summed E-state index contributed by atoms with van der Waals surface area (Å²) in [4.78, 5) is 23.6. The second kappa shape index (κ2) is 6.35. The Labute approximate surface area is 153 Å². The molecule has 1 amide bonds. The van der Waals surface area contributed by atoms with Crippen LogP contribution >= 0.6 is 0 Å². The summed E-state index contributed by atoms with van der Waals surface area (Å²) in [7, 11) is 1.60. The predicted molar refractivity (Wildman–Crippen MR) is 96.6 cm³/mol. The van der Waals surface area contributed by atoms with E-state index in [0.29, 0.717) is 0 Å². The van der Waals surface area contributed by atoms with Crippen molar-refractivity contribution in [1.82, 2.24) is 15.1 Å². The van der Waals surface area contributed by atoms with Gasteiger partial charge in [-0.25, -0.2) is 0 Å². The monoisotopic (exact) mass is 360 g/mol. The molecule has 5 rings (SSSR count). The van der Waals surface area contributed by atoms with Gasteiger partial charge in [-0.15, -0.1) is 0 Å². The molecule has 1 heterocycles. The topological polar surface area (TPSA) is 90.1 Å². The summed E-state index contributed by atoms with van der Waals surface area (Å²) in [6.45, 7) is 2.14. The second-order valence-electron chi connectivity index (χ2n) is 8.89. The molecule has 0 aliphatic heterocycles. The number of rotatable bonds is 6. The zero-order chi connectivity index (χ0) is 18.5. The lowest BCUT2D eigenvalue weighted by Gasteiger charge is -2.59. The quantitative estimate of drug-likeness (QED) is 0.621. The number of carbonyl (C=O) groups excluding carboxylic acids is 1. The normalized spacial score (nSPS) is 33.2. The van der Waals surface area contributed by atoms with Gasteiger partial charge in [-0.1, -0.05) is 13.3 Å². The third kappa shape index (κ3) is 2.91. The fourth-order valence-electron chi connectivity index (χ4n) is 6.42. The molecule has 1 N–H and O–H groups in total. The van der Waals surface area contributed by atoms with E-state index >= 15 is 0 Å². The van der Waals surface area contributed by atoms with Gasteiger partial charge in [0.2, 0.25) is 5.69 Å². The zero-order valence-corrected chi connectivity index (χ0v) is 15.6. The lowest BCUT2D eigenvalue weighted by molar-refractivity contribution is -0.385. The van der Waals surface area contributed by atoms with Crippen LogP contribution in [0.5, 0.6) is 0 Å². The van der Waals surface area contributed by atoms with Gasteiger partial charge in [0.05, 0.1) is 4.92 Å². The predicted octanol–water partition coefficient (Wildman–Crippen LogP) is 3.44. The van der Waals surface area contributed by atoms with E-state index in [9.17, 15) is 14.9 Å². The Morgan fingerprint density at radius 2 is 1.92 bits per heavy atom. The molecule has 0 saturated heterocycles. The van der Waals surface area contributed by atoms with E-state index in [2.05, 4.69) is 17.3 Å². The van der Waals surface area contributed by atoms with Crippen LogP contribution in [0.15, 0.2) is 6.20 Å². The first-order valence-electron chi connectivity index (χ1n) is 9.89. The van der Waals surface area contributed by atoms with Gasteiger partial charge in [-0.2, -0.15) is 5.10 Å². The van der Waals surface area contributed by atoms with E-state index in [-0.39, 0.29) is 22.8 Å². The Morgan fingerprint density at radius 1 is 1.35 bits per heavy atom. The molecule has 4 bridgehead atoms.